The van der Waals surface area contributed by atoms with Crippen LogP contribution in [0.4, 0.5) is 11.5 Å². The van der Waals surface area contributed by atoms with Crippen LogP contribution in [0.3, 0.4) is 0 Å². The van der Waals surface area contributed by atoms with Gasteiger partial charge < -0.3 is 10.1 Å². The molecule has 0 saturated carbocycles. The summed E-state index contributed by atoms with van der Waals surface area (Å²) < 4.78 is 5.15. The highest BCUT2D eigenvalue weighted by molar-refractivity contribution is 5.61. The van der Waals surface area contributed by atoms with Crippen molar-refractivity contribution in [2.24, 2.45) is 0 Å². The average molecular weight is 226 g/mol. The summed E-state index contributed by atoms with van der Waals surface area (Å²) >= 11 is 0. The topological polar surface area (TPSA) is 90.2 Å². The van der Waals surface area contributed by atoms with Crippen LogP contribution < -0.4 is 10.1 Å². The van der Waals surface area contributed by atoms with Gasteiger partial charge in [-0.1, -0.05) is 6.92 Å². The molecule has 1 heterocycles. The number of ether oxygens (including phenoxy) is 1. The van der Waals surface area contributed by atoms with Gasteiger partial charge in [0.05, 0.1) is 11.5 Å². The molecule has 7 nitrogen and oxygen atoms in total. The van der Waals surface area contributed by atoms with Gasteiger partial charge in [0.2, 0.25) is 5.82 Å². The maximum atomic E-state index is 10.9. The van der Waals surface area contributed by atoms with E-state index in [0.717, 1.165) is 0 Å². The van der Waals surface area contributed by atoms with Crippen LogP contribution in [0.5, 0.6) is 5.88 Å². The Balaban J connectivity index is 3.34. The van der Waals surface area contributed by atoms with Crippen LogP contribution in [0, 0.1) is 10.1 Å². The Kier molecular flexibility index (Phi) is 3.98. The van der Waals surface area contributed by atoms with Crippen LogP contribution in [0.1, 0.15) is 19.7 Å². The number of nitrogens with zero attached hydrogens (tertiary/aromatic N) is 3. The second-order valence-corrected chi connectivity index (χ2v) is 2.94. The van der Waals surface area contributed by atoms with E-state index in [1.54, 1.807) is 14.0 Å². The Morgan fingerprint density at radius 1 is 1.44 bits per heavy atom. The number of nitro groups is 1. The summed E-state index contributed by atoms with van der Waals surface area (Å²) in [5, 5.41) is 13.6. The standard InChI is InChI=1S/C9H14N4O3/c1-4-6-11-8(10-3)7(13(14)15)9(12-6)16-5-2/h4-5H2,1-3H3,(H,10,11,12). The number of aryl methyl sites for hydroxylation is 1. The lowest BCUT2D eigenvalue weighted by atomic mass is 10.4. The molecule has 0 bridgehead atoms. The van der Waals surface area contributed by atoms with Crippen molar-refractivity contribution in [3.63, 3.8) is 0 Å². The molecule has 7 heteroatoms. The van der Waals surface area contributed by atoms with Crippen molar-refractivity contribution in [2.45, 2.75) is 20.3 Å². The molecule has 0 aliphatic carbocycles. The molecular formula is C9H14N4O3. The summed E-state index contributed by atoms with van der Waals surface area (Å²) in [5.41, 5.74) is -0.221. The number of aromatic nitrogens is 2. The van der Waals surface area contributed by atoms with Crippen molar-refractivity contribution in [3.05, 3.63) is 15.9 Å². The van der Waals surface area contributed by atoms with Gasteiger partial charge in [0.15, 0.2) is 0 Å². The van der Waals surface area contributed by atoms with Crippen LogP contribution in [0.25, 0.3) is 0 Å². The monoisotopic (exact) mass is 226 g/mol. The van der Waals surface area contributed by atoms with E-state index in [1.807, 2.05) is 6.92 Å². The maximum absolute atomic E-state index is 10.9. The summed E-state index contributed by atoms with van der Waals surface area (Å²) in [5.74, 6) is 0.711. The molecule has 1 aromatic heterocycles. The lowest BCUT2D eigenvalue weighted by Gasteiger charge is -2.08. The van der Waals surface area contributed by atoms with Crippen LogP contribution in [0.2, 0.25) is 0 Å². The fourth-order valence-corrected chi connectivity index (χ4v) is 1.21. The molecule has 1 N–H and O–H groups in total. The second kappa shape index (κ2) is 5.24. The number of rotatable bonds is 5. The quantitative estimate of drug-likeness (QED) is 0.602. The first kappa shape index (κ1) is 12.2. The molecule has 1 aromatic rings. The Morgan fingerprint density at radius 3 is 2.56 bits per heavy atom. The maximum Gasteiger partial charge on any atom is 0.372 e. The largest absolute Gasteiger partial charge is 0.473 e. The molecule has 1 rings (SSSR count). The van der Waals surface area contributed by atoms with E-state index in [1.165, 1.54) is 0 Å². The first-order valence-corrected chi connectivity index (χ1v) is 4.99. The molecule has 88 valence electrons. The summed E-state index contributed by atoms with van der Waals surface area (Å²) in [4.78, 5) is 18.4. The molecule has 0 amide bonds. The normalized spacial score (nSPS) is 9.94. The Labute approximate surface area is 93.0 Å². The molecule has 0 radical (unpaired) electrons. The third-order valence-corrected chi connectivity index (χ3v) is 1.92. The zero-order valence-electron chi connectivity index (χ0n) is 9.48. The molecule has 0 saturated heterocycles. The number of hydrogen-bond donors (Lipinski definition) is 1. The smallest absolute Gasteiger partial charge is 0.372 e. The van der Waals surface area contributed by atoms with E-state index >= 15 is 0 Å². The van der Waals surface area contributed by atoms with E-state index in [4.69, 9.17) is 4.74 Å². The minimum Gasteiger partial charge on any atom is -0.473 e. The van der Waals surface area contributed by atoms with Gasteiger partial charge in [0, 0.05) is 13.5 Å². The lowest BCUT2D eigenvalue weighted by molar-refractivity contribution is -0.385. The number of anilines is 1. The number of nitrogens with one attached hydrogen (secondary N) is 1. The van der Waals surface area contributed by atoms with Crippen molar-refractivity contribution < 1.29 is 9.66 Å². The molecule has 0 aliphatic heterocycles. The predicted molar refractivity (Wildman–Crippen MR) is 58.8 cm³/mol. The van der Waals surface area contributed by atoms with Crippen LogP contribution in [-0.2, 0) is 6.42 Å². The van der Waals surface area contributed by atoms with Crippen molar-refractivity contribution in [2.75, 3.05) is 19.0 Å². The predicted octanol–water partition coefficient (Wildman–Crippen LogP) is 1.39. The Bertz CT molecular complexity index is 395. The fourth-order valence-electron chi connectivity index (χ4n) is 1.21. The highest BCUT2D eigenvalue weighted by atomic mass is 16.6. The first-order valence-electron chi connectivity index (χ1n) is 4.99. The minimum atomic E-state index is -0.545. The molecule has 0 aromatic carbocycles. The van der Waals surface area contributed by atoms with Gasteiger partial charge >= 0.3 is 5.69 Å². The lowest BCUT2D eigenvalue weighted by Crippen LogP contribution is -2.08. The molecule has 0 unspecified atom stereocenters. The van der Waals surface area contributed by atoms with Crippen molar-refractivity contribution in [1.82, 2.24) is 9.97 Å². The minimum absolute atomic E-state index is 0.0173. The highest BCUT2D eigenvalue weighted by Gasteiger charge is 2.24. The molecule has 0 fully saturated rings. The van der Waals surface area contributed by atoms with Crippen molar-refractivity contribution in [3.8, 4) is 5.88 Å². The molecule has 16 heavy (non-hydrogen) atoms. The zero-order valence-corrected chi connectivity index (χ0v) is 9.48. The van der Waals surface area contributed by atoms with Gasteiger partial charge in [-0.2, -0.15) is 4.98 Å². The summed E-state index contributed by atoms with van der Waals surface area (Å²) in [7, 11) is 1.57. The highest BCUT2D eigenvalue weighted by Crippen LogP contribution is 2.31. The zero-order chi connectivity index (χ0) is 12.1. The van der Waals surface area contributed by atoms with Crippen LogP contribution >= 0.6 is 0 Å². The molecule has 0 spiro atoms. The van der Waals surface area contributed by atoms with E-state index in [2.05, 4.69) is 15.3 Å². The van der Waals surface area contributed by atoms with Crippen LogP contribution in [-0.4, -0.2) is 28.5 Å². The summed E-state index contributed by atoms with van der Waals surface area (Å²) in [6, 6.07) is 0. The molecular weight excluding hydrogens is 212 g/mol. The van der Waals surface area contributed by atoms with Gasteiger partial charge in [-0.3, -0.25) is 10.1 Å². The SMILES string of the molecule is CCOc1nc(CC)nc(NC)c1[N+](=O)[O-]. The van der Waals surface area contributed by atoms with Gasteiger partial charge in [0.25, 0.3) is 5.88 Å². The van der Waals surface area contributed by atoms with Gasteiger partial charge in [-0.25, -0.2) is 4.98 Å². The second-order valence-electron chi connectivity index (χ2n) is 2.94. The molecule has 0 aliphatic rings. The summed E-state index contributed by atoms with van der Waals surface area (Å²) in [6.45, 7) is 3.94. The van der Waals surface area contributed by atoms with Gasteiger partial charge in [0.1, 0.15) is 5.82 Å². The van der Waals surface area contributed by atoms with E-state index in [0.29, 0.717) is 18.9 Å². The number of hydrogen-bond acceptors (Lipinski definition) is 6. The van der Waals surface area contributed by atoms with E-state index in [-0.39, 0.29) is 17.4 Å². The fraction of sp³-hybridized carbons (Fsp3) is 0.556. The van der Waals surface area contributed by atoms with Crippen LogP contribution in [0.15, 0.2) is 0 Å². The van der Waals surface area contributed by atoms with Crippen molar-refractivity contribution in [1.29, 1.82) is 0 Å². The Morgan fingerprint density at radius 2 is 2.12 bits per heavy atom. The van der Waals surface area contributed by atoms with E-state index in [9.17, 15) is 10.1 Å². The average Bonchev–Trinajstić information content (AvgIpc) is 2.27. The first-order chi connectivity index (χ1) is 7.63. The molecule has 0 atom stereocenters. The third-order valence-electron chi connectivity index (χ3n) is 1.92. The van der Waals surface area contributed by atoms with Crippen molar-refractivity contribution >= 4 is 11.5 Å². The third kappa shape index (κ3) is 2.36. The Hall–Kier alpha value is -1.92. The van der Waals surface area contributed by atoms with Gasteiger partial charge in [-0.05, 0) is 6.92 Å². The van der Waals surface area contributed by atoms with Gasteiger partial charge in [-0.15, -0.1) is 0 Å². The van der Waals surface area contributed by atoms with E-state index < -0.39 is 4.92 Å². The summed E-state index contributed by atoms with van der Waals surface area (Å²) in [6.07, 6.45) is 0.590.